The molecule has 3 unspecified atom stereocenters. The SMILES string of the molecule is CCCCCCCCCCCCCCCCC/C=C/CC/C=C/C(O)C(COP(=O)([O-])OCC[N+](C)(C)C)NC(=O)CCCCCC. The van der Waals surface area contributed by atoms with E-state index in [9.17, 15) is 19.4 Å². The summed E-state index contributed by atoms with van der Waals surface area (Å²) in [6, 6.07) is -0.894. The molecular formula is C38H75N2O6P. The van der Waals surface area contributed by atoms with Crippen LogP contribution >= 0.6 is 7.82 Å². The van der Waals surface area contributed by atoms with Gasteiger partial charge in [-0.2, -0.15) is 0 Å². The van der Waals surface area contributed by atoms with Crippen molar-refractivity contribution < 1.29 is 32.9 Å². The van der Waals surface area contributed by atoms with E-state index in [0.29, 0.717) is 17.4 Å². The Labute approximate surface area is 290 Å². The first kappa shape index (κ1) is 46.0. The van der Waals surface area contributed by atoms with Crippen LogP contribution < -0.4 is 10.2 Å². The van der Waals surface area contributed by atoms with Crippen molar-refractivity contribution in [3.63, 3.8) is 0 Å². The van der Waals surface area contributed by atoms with Gasteiger partial charge in [0.15, 0.2) is 0 Å². The van der Waals surface area contributed by atoms with Crippen LogP contribution in [0.4, 0.5) is 0 Å². The molecule has 3 atom stereocenters. The van der Waals surface area contributed by atoms with E-state index in [1.807, 2.05) is 27.2 Å². The van der Waals surface area contributed by atoms with Crippen LogP contribution in [0.25, 0.3) is 0 Å². The molecule has 1 amide bonds. The van der Waals surface area contributed by atoms with Gasteiger partial charge < -0.3 is 28.8 Å². The lowest BCUT2D eigenvalue weighted by Crippen LogP contribution is -2.45. The highest BCUT2D eigenvalue weighted by Gasteiger charge is 2.23. The molecule has 0 bridgehead atoms. The van der Waals surface area contributed by atoms with Crippen LogP contribution in [0, 0.1) is 0 Å². The number of hydrogen-bond acceptors (Lipinski definition) is 6. The number of phosphoric ester groups is 1. The summed E-state index contributed by atoms with van der Waals surface area (Å²) in [5.41, 5.74) is 0. The normalized spacial score (nSPS) is 15.0. The summed E-state index contributed by atoms with van der Waals surface area (Å²) in [7, 11) is 1.24. The van der Waals surface area contributed by atoms with Crippen LogP contribution in [0.5, 0.6) is 0 Å². The first-order valence-electron chi connectivity index (χ1n) is 19.2. The largest absolute Gasteiger partial charge is 0.756 e. The first-order valence-corrected chi connectivity index (χ1v) is 20.7. The number of allylic oxidation sites excluding steroid dienone is 3. The van der Waals surface area contributed by atoms with Crippen molar-refractivity contribution in [2.75, 3.05) is 40.9 Å². The number of aliphatic hydroxyl groups excluding tert-OH is 1. The highest BCUT2D eigenvalue weighted by molar-refractivity contribution is 7.45. The van der Waals surface area contributed by atoms with E-state index in [2.05, 4.69) is 31.3 Å². The van der Waals surface area contributed by atoms with Crippen molar-refractivity contribution in [2.24, 2.45) is 0 Å². The van der Waals surface area contributed by atoms with Crippen LogP contribution in [0.3, 0.4) is 0 Å². The molecule has 0 rings (SSSR count). The maximum Gasteiger partial charge on any atom is 0.268 e. The van der Waals surface area contributed by atoms with Crippen molar-refractivity contribution in [3.05, 3.63) is 24.3 Å². The Bertz CT molecular complexity index is 829. The second kappa shape index (κ2) is 31.0. The Morgan fingerprint density at radius 2 is 1.19 bits per heavy atom. The number of carbonyl (C=O) groups excluding carboxylic acids is 1. The summed E-state index contributed by atoms with van der Waals surface area (Å²) in [6.45, 7) is 4.48. The third-order valence-electron chi connectivity index (χ3n) is 8.41. The topological polar surface area (TPSA) is 108 Å². The molecule has 8 nitrogen and oxygen atoms in total. The molecular weight excluding hydrogens is 611 g/mol. The van der Waals surface area contributed by atoms with Gasteiger partial charge in [0.25, 0.3) is 7.82 Å². The molecule has 0 aromatic heterocycles. The van der Waals surface area contributed by atoms with E-state index in [4.69, 9.17) is 9.05 Å². The number of carbonyl (C=O) groups is 1. The number of amides is 1. The number of rotatable bonds is 34. The third kappa shape index (κ3) is 33.3. The van der Waals surface area contributed by atoms with E-state index in [0.717, 1.165) is 44.9 Å². The highest BCUT2D eigenvalue weighted by atomic mass is 31.2. The Hall–Kier alpha value is -1.02. The molecule has 0 heterocycles. The zero-order valence-electron chi connectivity index (χ0n) is 31.2. The average Bonchev–Trinajstić information content (AvgIpc) is 3.01. The lowest BCUT2D eigenvalue weighted by atomic mass is 10.0. The molecule has 0 aliphatic rings. The summed E-state index contributed by atoms with van der Waals surface area (Å²) < 4.78 is 22.9. The molecule has 278 valence electrons. The summed E-state index contributed by atoms with van der Waals surface area (Å²) in [6.07, 6.45) is 34.3. The molecule has 0 radical (unpaired) electrons. The van der Waals surface area contributed by atoms with Gasteiger partial charge in [-0.15, -0.1) is 0 Å². The van der Waals surface area contributed by atoms with Crippen molar-refractivity contribution in [2.45, 2.75) is 174 Å². The predicted octanol–water partition coefficient (Wildman–Crippen LogP) is 9.16. The van der Waals surface area contributed by atoms with Crippen molar-refractivity contribution in [1.82, 2.24) is 5.32 Å². The van der Waals surface area contributed by atoms with E-state index >= 15 is 0 Å². The van der Waals surface area contributed by atoms with Crippen LogP contribution in [-0.2, 0) is 18.4 Å². The molecule has 0 saturated heterocycles. The number of aliphatic hydroxyl groups is 1. The lowest BCUT2D eigenvalue weighted by Gasteiger charge is -2.29. The number of unbranched alkanes of at least 4 members (excludes halogenated alkanes) is 19. The maximum atomic E-state index is 12.5. The van der Waals surface area contributed by atoms with Gasteiger partial charge in [-0.1, -0.05) is 147 Å². The van der Waals surface area contributed by atoms with Gasteiger partial charge in [-0.25, -0.2) is 0 Å². The molecule has 9 heteroatoms. The zero-order valence-corrected chi connectivity index (χ0v) is 32.1. The van der Waals surface area contributed by atoms with Gasteiger partial charge in [0.1, 0.15) is 13.2 Å². The van der Waals surface area contributed by atoms with E-state index in [1.165, 1.54) is 96.3 Å². The predicted molar refractivity (Wildman–Crippen MR) is 196 cm³/mol. The second-order valence-corrected chi connectivity index (χ2v) is 15.7. The van der Waals surface area contributed by atoms with Gasteiger partial charge in [-0.05, 0) is 32.1 Å². The van der Waals surface area contributed by atoms with Crippen LogP contribution in [0.15, 0.2) is 24.3 Å². The lowest BCUT2D eigenvalue weighted by molar-refractivity contribution is -0.870. The number of phosphoric acid groups is 1. The van der Waals surface area contributed by atoms with Crippen LogP contribution in [0.2, 0.25) is 0 Å². The van der Waals surface area contributed by atoms with Gasteiger partial charge in [0, 0.05) is 6.42 Å². The number of nitrogens with zero attached hydrogens (tertiary/aromatic N) is 1. The Morgan fingerprint density at radius 1 is 0.723 bits per heavy atom. The Kier molecular flexibility index (Phi) is 30.3. The second-order valence-electron chi connectivity index (χ2n) is 14.3. The van der Waals surface area contributed by atoms with Crippen molar-refractivity contribution >= 4 is 13.7 Å². The van der Waals surface area contributed by atoms with Crippen LogP contribution in [-0.4, -0.2) is 68.5 Å². The molecule has 47 heavy (non-hydrogen) atoms. The molecule has 0 saturated carbocycles. The zero-order chi connectivity index (χ0) is 35.1. The fraction of sp³-hybridized carbons (Fsp3) is 0.868. The fourth-order valence-electron chi connectivity index (χ4n) is 5.28. The van der Waals surface area contributed by atoms with E-state index in [-0.39, 0.29) is 12.5 Å². The van der Waals surface area contributed by atoms with Gasteiger partial charge in [0.2, 0.25) is 5.91 Å². The molecule has 0 spiro atoms. The van der Waals surface area contributed by atoms with Crippen molar-refractivity contribution in [3.8, 4) is 0 Å². The molecule has 0 aliphatic carbocycles. The monoisotopic (exact) mass is 687 g/mol. The molecule has 2 N–H and O–H groups in total. The summed E-state index contributed by atoms with van der Waals surface area (Å²) in [5.74, 6) is -0.226. The molecule has 0 aromatic carbocycles. The Balaban J connectivity index is 4.25. The number of nitrogens with one attached hydrogen (secondary N) is 1. The Morgan fingerprint density at radius 3 is 1.72 bits per heavy atom. The van der Waals surface area contributed by atoms with Crippen LogP contribution in [0.1, 0.15) is 162 Å². The smallest absolute Gasteiger partial charge is 0.268 e. The highest BCUT2D eigenvalue weighted by Crippen LogP contribution is 2.38. The summed E-state index contributed by atoms with van der Waals surface area (Å²) in [4.78, 5) is 24.8. The van der Waals surface area contributed by atoms with E-state index in [1.54, 1.807) is 6.08 Å². The minimum Gasteiger partial charge on any atom is -0.756 e. The van der Waals surface area contributed by atoms with Gasteiger partial charge >= 0.3 is 0 Å². The minimum absolute atomic E-state index is 0.00581. The van der Waals surface area contributed by atoms with Gasteiger partial charge in [0.05, 0.1) is 39.9 Å². The van der Waals surface area contributed by atoms with Crippen molar-refractivity contribution in [1.29, 1.82) is 0 Å². The summed E-state index contributed by atoms with van der Waals surface area (Å²) >= 11 is 0. The number of hydrogen-bond donors (Lipinski definition) is 2. The average molecular weight is 687 g/mol. The minimum atomic E-state index is -4.57. The third-order valence-corrected chi connectivity index (χ3v) is 9.38. The first-order chi connectivity index (χ1) is 22.5. The standard InChI is InChI=1S/C38H75N2O6P/c1-6-8-10-12-13-14-15-16-17-18-19-20-21-22-23-24-25-26-27-28-29-31-37(41)36(39-38(42)32-30-11-9-7-2)35-46-47(43,44)45-34-33-40(3,4)5/h25-26,29,31,36-37,41H,6-24,27-28,30,32-35H2,1-5H3,(H-,39,42,43,44)/b26-25+,31-29+. The summed E-state index contributed by atoms with van der Waals surface area (Å²) in [5, 5.41) is 13.5. The van der Waals surface area contributed by atoms with Gasteiger partial charge in [-0.3, -0.25) is 9.36 Å². The fourth-order valence-corrected chi connectivity index (χ4v) is 6.01. The van der Waals surface area contributed by atoms with E-state index < -0.39 is 26.6 Å². The number of likely N-dealkylation sites (N-methyl/N-ethyl adjacent to an activating group) is 1. The molecule has 0 fully saturated rings. The maximum absolute atomic E-state index is 12.5. The molecule has 0 aliphatic heterocycles. The number of quaternary nitrogens is 1. The molecule has 0 aromatic rings. The quantitative estimate of drug-likeness (QED) is 0.0303.